The van der Waals surface area contributed by atoms with Crippen molar-refractivity contribution in [3.63, 3.8) is 0 Å². The second-order valence-corrected chi connectivity index (χ2v) is 10.4. The summed E-state index contributed by atoms with van der Waals surface area (Å²) >= 11 is 12.2. The second kappa shape index (κ2) is 12.9. The summed E-state index contributed by atoms with van der Waals surface area (Å²) in [6, 6.07) is 24.1. The van der Waals surface area contributed by atoms with Crippen molar-refractivity contribution in [1.29, 1.82) is 0 Å². The Hall–Kier alpha value is -2.82. The minimum Gasteiger partial charge on any atom is -0.352 e. The van der Waals surface area contributed by atoms with Crippen molar-refractivity contribution < 1.29 is 9.59 Å². The molecule has 0 aromatic heterocycles. The molecule has 0 heterocycles. The molecule has 1 fully saturated rings. The van der Waals surface area contributed by atoms with Crippen LogP contribution in [0.1, 0.15) is 48.8 Å². The van der Waals surface area contributed by atoms with Crippen molar-refractivity contribution >= 4 is 35.0 Å². The molecule has 0 bridgehead atoms. The molecular weight excluding hydrogens is 491 g/mol. The molecule has 1 aliphatic carbocycles. The van der Waals surface area contributed by atoms with E-state index in [-0.39, 0.29) is 24.3 Å². The molecule has 6 heteroatoms. The monoisotopic (exact) mass is 522 g/mol. The van der Waals surface area contributed by atoms with E-state index in [0.29, 0.717) is 23.0 Å². The third-order valence-electron chi connectivity index (χ3n) is 6.76. The molecule has 2 amide bonds. The predicted octanol–water partition coefficient (Wildman–Crippen LogP) is 6.62. The minimum atomic E-state index is -0.634. The SMILES string of the molecule is O=C(NC1CCCCC1)[C@@H](Cc1ccccc1)N(Cc1ccc(Cl)cc1)C(=O)Cc1ccc(Cl)cc1. The molecule has 3 aromatic rings. The zero-order valence-electron chi connectivity index (χ0n) is 20.3. The van der Waals surface area contributed by atoms with Crippen LogP contribution in [0.5, 0.6) is 0 Å². The van der Waals surface area contributed by atoms with Crippen LogP contribution in [0.15, 0.2) is 78.9 Å². The molecule has 1 atom stereocenters. The fraction of sp³-hybridized carbons (Fsp3) is 0.333. The van der Waals surface area contributed by atoms with E-state index in [1.807, 2.05) is 66.7 Å². The fourth-order valence-corrected chi connectivity index (χ4v) is 5.02. The van der Waals surface area contributed by atoms with Crippen molar-refractivity contribution in [2.24, 2.45) is 0 Å². The van der Waals surface area contributed by atoms with Crippen molar-refractivity contribution in [3.05, 3.63) is 106 Å². The Morgan fingerprint density at radius 1 is 0.778 bits per heavy atom. The number of hydrogen-bond donors (Lipinski definition) is 1. The molecule has 0 unspecified atom stereocenters. The molecule has 1 aliphatic rings. The average molecular weight is 524 g/mol. The summed E-state index contributed by atoms with van der Waals surface area (Å²) in [5, 5.41) is 4.53. The Kier molecular flexibility index (Phi) is 9.43. The van der Waals surface area contributed by atoms with Gasteiger partial charge in [0.25, 0.3) is 0 Å². The van der Waals surface area contributed by atoms with E-state index in [0.717, 1.165) is 42.4 Å². The van der Waals surface area contributed by atoms with E-state index in [9.17, 15) is 9.59 Å². The first-order valence-corrected chi connectivity index (χ1v) is 13.4. The third kappa shape index (κ3) is 7.59. The zero-order valence-corrected chi connectivity index (χ0v) is 21.8. The zero-order chi connectivity index (χ0) is 25.3. The summed E-state index contributed by atoms with van der Waals surface area (Å²) in [7, 11) is 0. The molecule has 0 aliphatic heterocycles. The Morgan fingerprint density at radius 3 is 1.97 bits per heavy atom. The van der Waals surface area contributed by atoms with E-state index < -0.39 is 6.04 Å². The summed E-state index contributed by atoms with van der Waals surface area (Å²) in [6.07, 6.45) is 6.06. The summed E-state index contributed by atoms with van der Waals surface area (Å²) in [5.41, 5.74) is 2.80. The Balaban J connectivity index is 1.64. The number of carbonyl (C=O) groups is 2. The van der Waals surface area contributed by atoms with E-state index in [1.54, 1.807) is 17.0 Å². The van der Waals surface area contributed by atoms with Crippen LogP contribution >= 0.6 is 23.2 Å². The molecule has 1 N–H and O–H groups in total. The molecule has 1 saturated carbocycles. The topological polar surface area (TPSA) is 49.4 Å². The normalized spacial score (nSPS) is 14.7. The number of nitrogens with zero attached hydrogens (tertiary/aromatic N) is 1. The van der Waals surface area contributed by atoms with Crippen LogP contribution in [0.4, 0.5) is 0 Å². The van der Waals surface area contributed by atoms with Crippen molar-refractivity contribution in [1.82, 2.24) is 10.2 Å². The number of amides is 2. The highest BCUT2D eigenvalue weighted by Crippen LogP contribution is 2.21. The van der Waals surface area contributed by atoms with Crippen molar-refractivity contribution in [2.45, 2.75) is 63.6 Å². The number of nitrogens with one attached hydrogen (secondary N) is 1. The summed E-state index contributed by atoms with van der Waals surface area (Å²) in [5.74, 6) is -0.198. The molecule has 0 spiro atoms. The molecule has 3 aromatic carbocycles. The Bertz CT molecular complexity index is 1130. The minimum absolute atomic E-state index is 0.0934. The maximum absolute atomic E-state index is 13.8. The van der Waals surface area contributed by atoms with Crippen LogP contribution in [0.3, 0.4) is 0 Å². The number of hydrogen-bond acceptors (Lipinski definition) is 2. The lowest BCUT2D eigenvalue weighted by atomic mass is 9.94. The van der Waals surface area contributed by atoms with Gasteiger partial charge in [0.15, 0.2) is 0 Å². The highest BCUT2D eigenvalue weighted by Gasteiger charge is 2.32. The molecule has 4 rings (SSSR count). The highest BCUT2D eigenvalue weighted by molar-refractivity contribution is 6.30. The lowest BCUT2D eigenvalue weighted by Gasteiger charge is -2.33. The van der Waals surface area contributed by atoms with E-state index in [4.69, 9.17) is 23.2 Å². The number of benzene rings is 3. The smallest absolute Gasteiger partial charge is 0.243 e. The van der Waals surface area contributed by atoms with Gasteiger partial charge in [0, 0.05) is 29.1 Å². The van der Waals surface area contributed by atoms with Gasteiger partial charge in [-0.15, -0.1) is 0 Å². The standard InChI is InChI=1S/C30H32Cl2N2O2/c31-25-15-11-23(12-16-25)20-29(35)34(21-24-13-17-26(32)18-14-24)28(19-22-7-3-1-4-8-22)30(36)33-27-9-5-2-6-10-27/h1,3-4,7-8,11-18,27-28H,2,5-6,9-10,19-21H2,(H,33,36)/t28-/m1/s1. The summed E-state index contributed by atoms with van der Waals surface area (Å²) < 4.78 is 0. The first-order chi connectivity index (χ1) is 17.5. The largest absolute Gasteiger partial charge is 0.352 e. The van der Waals surface area contributed by atoms with Gasteiger partial charge in [-0.25, -0.2) is 0 Å². The van der Waals surface area contributed by atoms with Crippen LogP contribution in [-0.4, -0.2) is 28.8 Å². The van der Waals surface area contributed by atoms with E-state index in [2.05, 4.69) is 5.32 Å². The third-order valence-corrected chi connectivity index (χ3v) is 7.26. The Labute approximate surface area is 223 Å². The summed E-state index contributed by atoms with van der Waals surface area (Å²) in [4.78, 5) is 29.3. The van der Waals surface area contributed by atoms with E-state index in [1.165, 1.54) is 6.42 Å². The molecule has 4 nitrogen and oxygen atoms in total. The van der Waals surface area contributed by atoms with Gasteiger partial charge in [-0.2, -0.15) is 0 Å². The van der Waals surface area contributed by atoms with Gasteiger partial charge >= 0.3 is 0 Å². The lowest BCUT2D eigenvalue weighted by Crippen LogP contribution is -2.53. The maximum atomic E-state index is 13.8. The van der Waals surface area contributed by atoms with Crippen LogP contribution in [0.25, 0.3) is 0 Å². The molecule has 0 saturated heterocycles. The first-order valence-electron chi connectivity index (χ1n) is 12.6. The molecule has 188 valence electrons. The van der Waals surface area contributed by atoms with Crippen molar-refractivity contribution in [3.8, 4) is 0 Å². The molecular formula is C30H32Cl2N2O2. The number of carbonyl (C=O) groups excluding carboxylic acids is 2. The predicted molar refractivity (Wildman–Crippen MR) is 146 cm³/mol. The Morgan fingerprint density at radius 2 is 1.36 bits per heavy atom. The van der Waals surface area contributed by atoms with Crippen LogP contribution < -0.4 is 5.32 Å². The summed E-state index contributed by atoms with van der Waals surface area (Å²) in [6.45, 7) is 0.319. The molecule has 0 radical (unpaired) electrons. The van der Waals surface area contributed by atoms with Crippen LogP contribution in [0.2, 0.25) is 10.0 Å². The fourth-order valence-electron chi connectivity index (χ4n) is 4.76. The highest BCUT2D eigenvalue weighted by atomic mass is 35.5. The van der Waals surface area contributed by atoms with Gasteiger partial charge in [0.1, 0.15) is 6.04 Å². The second-order valence-electron chi connectivity index (χ2n) is 9.50. The van der Waals surface area contributed by atoms with Gasteiger partial charge in [-0.05, 0) is 53.8 Å². The lowest BCUT2D eigenvalue weighted by molar-refractivity contribution is -0.141. The number of rotatable bonds is 9. The number of halogens is 2. The van der Waals surface area contributed by atoms with Gasteiger partial charge in [-0.1, -0.05) is 97.1 Å². The quantitative estimate of drug-likeness (QED) is 0.343. The van der Waals surface area contributed by atoms with Crippen LogP contribution in [0, 0.1) is 0 Å². The average Bonchev–Trinajstić information content (AvgIpc) is 2.89. The molecule has 36 heavy (non-hydrogen) atoms. The first kappa shape index (κ1) is 26.2. The van der Waals surface area contributed by atoms with Crippen molar-refractivity contribution in [2.75, 3.05) is 0 Å². The van der Waals surface area contributed by atoms with Gasteiger partial charge < -0.3 is 10.2 Å². The van der Waals surface area contributed by atoms with Gasteiger partial charge in [-0.3, -0.25) is 9.59 Å². The maximum Gasteiger partial charge on any atom is 0.243 e. The van der Waals surface area contributed by atoms with Gasteiger partial charge in [0.05, 0.1) is 6.42 Å². The van der Waals surface area contributed by atoms with E-state index >= 15 is 0 Å². The van der Waals surface area contributed by atoms with Gasteiger partial charge in [0.2, 0.25) is 11.8 Å². The van der Waals surface area contributed by atoms with Crippen LogP contribution in [-0.2, 0) is 29.0 Å².